The largest absolute Gasteiger partial charge is 0.461 e. The molecular weight excluding hydrogens is 360 g/mol. The van der Waals surface area contributed by atoms with E-state index in [1.165, 1.54) is 62.8 Å². The normalized spacial score (nSPS) is 39.4. The lowest BCUT2D eigenvalue weighted by Crippen LogP contribution is -2.48. The van der Waals surface area contributed by atoms with Gasteiger partial charge in [-0.3, -0.25) is 4.79 Å². The summed E-state index contributed by atoms with van der Waals surface area (Å²) in [6, 6.07) is 0.766. The number of nitrogens with zero attached hydrogens (tertiary/aromatic N) is 2. The Bertz CT molecular complexity index is 700. The highest BCUT2D eigenvalue weighted by Crippen LogP contribution is 2.52. The van der Waals surface area contributed by atoms with Gasteiger partial charge in [0.15, 0.2) is 0 Å². The number of allylic oxidation sites excluding steroid dienone is 3. The van der Waals surface area contributed by atoms with Crippen LogP contribution in [-0.4, -0.2) is 60.6 Å². The summed E-state index contributed by atoms with van der Waals surface area (Å²) in [5.41, 5.74) is 3.12. The topological polar surface area (TPSA) is 32.8 Å². The summed E-state index contributed by atoms with van der Waals surface area (Å²) in [4.78, 5) is 18.1. The SMILES string of the molecule is CC1=CCCC2(C)CC3OC(=O)C(CN4CCC(N5CCCCC5)CC4)C3C=C12. The fraction of sp³-hybridized carbons (Fsp3) is 0.800. The van der Waals surface area contributed by atoms with E-state index in [2.05, 4.69) is 35.8 Å². The van der Waals surface area contributed by atoms with Crippen molar-refractivity contribution in [1.82, 2.24) is 9.80 Å². The standard InChI is InChI=1S/C25H38N2O2/c1-18-7-6-10-25(2)16-23-20(15-22(18)25)21(24(28)29-23)17-26-13-8-19(9-14-26)27-11-4-3-5-12-27/h7,15,19-21,23H,3-6,8-14,16-17H2,1-2H3. The van der Waals surface area contributed by atoms with E-state index in [0.717, 1.165) is 38.5 Å². The highest BCUT2D eigenvalue weighted by molar-refractivity contribution is 5.76. The number of carbonyl (C=O) groups is 1. The molecule has 0 aromatic rings. The molecule has 4 heteroatoms. The summed E-state index contributed by atoms with van der Waals surface area (Å²) in [7, 11) is 0. The van der Waals surface area contributed by atoms with Crippen LogP contribution in [0.3, 0.4) is 0 Å². The van der Waals surface area contributed by atoms with Gasteiger partial charge >= 0.3 is 5.97 Å². The Balaban J connectivity index is 1.24. The van der Waals surface area contributed by atoms with Gasteiger partial charge in [0.05, 0.1) is 5.92 Å². The van der Waals surface area contributed by atoms with Gasteiger partial charge in [0, 0.05) is 18.5 Å². The number of esters is 1. The van der Waals surface area contributed by atoms with Crippen LogP contribution in [0, 0.1) is 17.3 Å². The summed E-state index contributed by atoms with van der Waals surface area (Å²) in [5, 5.41) is 0. The number of piperidine rings is 2. The third-order valence-electron chi connectivity index (χ3n) is 8.62. The fourth-order valence-corrected chi connectivity index (χ4v) is 6.87. The summed E-state index contributed by atoms with van der Waals surface area (Å²) >= 11 is 0. The van der Waals surface area contributed by atoms with Crippen LogP contribution in [0.4, 0.5) is 0 Å². The zero-order valence-corrected chi connectivity index (χ0v) is 18.4. The van der Waals surface area contributed by atoms with E-state index in [1.807, 2.05) is 0 Å². The summed E-state index contributed by atoms with van der Waals surface area (Å²) in [6.07, 6.45) is 14.9. The minimum absolute atomic E-state index is 0.0262. The van der Waals surface area contributed by atoms with Gasteiger partial charge in [-0.05, 0) is 89.0 Å². The molecule has 4 unspecified atom stereocenters. The molecule has 5 rings (SSSR count). The summed E-state index contributed by atoms with van der Waals surface area (Å²) in [6.45, 7) is 10.4. The molecule has 3 aliphatic heterocycles. The van der Waals surface area contributed by atoms with Crippen molar-refractivity contribution in [2.75, 3.05) is 32.7 Å². The molecule has 4 nitrogen and oxygen atoms in total. The van der Waals surface area contributed by atoms with Crippen molar-refractivity contribution in [1.29, 1.82) is 0 Å². The number of likely N-dealkylation sites (tertiary alicyclic amines) is 2. The zero-order valence-electron chi connectivity index (χ0n) is 18.4. The molecule has 0 bridgehead atoms. The lowest BCUT2D eigenvalue weighted by molar-refractivity contribution is -0.145. The molecule has 160 valence electrons. The number of hydrogen-bond acceptors (Lipinski definition) is 4. The van der Waals surface area contributed by atoms with E-state index >= 15 is 0 Å². The second-order valence-corrected chi connectivity index (χ2v) is 10.6. The molecule has 0 saturated carbocycles. The van der Waals surface area contributed by atoms with Crippen molar-refractivity contribution in [2.24, 2.45) is 17.3 Å². The lowest BCUT2D eigenvalue weighted by atomic mass is 9.62. The average molecular weight is 399 g/mol. The lowest BCUT2D eigenvalue weighted by Gasteiger charge is -2.43. The van der Waals surface area contributed by atoms with Crippen molar-refractivity contribution in [3.05, 3.63) is 23.3 Å². The van der Waals surface area contributed by atoms with E-state index in [1.54, 1.807) is 0 Å². The van der Waals surface area contributed by atoms with Gasteiger partial charge in [-0.2, -0.15) is 0 Å². The maximum absolute atomic E-state index is 12.8. The van der Waals surface area contributed by atoms with Gasteiger partial charge < -0.3 is 14.5 Å². The van der Waals surface area contributed by atoms with Crippen molar-refractivity contribution < 1.29 is 9.53 Å². The van der Waals surface area contributed by atoms with Gasteiger partial charge in [0.25, 0.3) is 0 Å². The molecule has 0 radical (unpaired) electrons. The van der Waals surface area contributed by atoms with E-state index in [4.69, 9.17) is 4.74 Å². The Kier molecular flexibility index (Phi) is 5.36. The smallest absolute Gasteiger partial charge is 0.311 e. The molecule has 3 fully saturated rings. The second kappa shape index (κ2) is 7.85. The Labute approximate surface area is 176 Å². The summed E-state index contributed by atoms with van der Waals surface area (Å²) in [5.74, 6) is 0.351. The van der Waals surface area contributed by atoms with Gasteiger partial charge in [-0.1, -0.05) is 31.1 Å². The first-order valence-electron chi connectivity index (χ1n) is 12.1. The van der Waals surface area contributed by atoms with Gasteiger partial charge in [0.2, 0.25) is 0 Å². The molecule has 29 heavy (non-hydrogen) atoms. The average Bonchev–Trinajstić information content (AvgIpc) is 3.01. The monoisotopic (exact) mass is 398 g/mol. The third-order valence-corrected chi connectivity index (χ3v) is 8.62. The molecule has 3 heterocycles. The van der Waals surface area contributed by atoms with Crippen LogP contribution < -0.4 is 0 Å². The van der Waals surface area contributed by atoms with E-state index in [-0.39, 0.29) is 29.3 Å². The molecule has 0 N–H and O–H groups in total. The van der Waals surface area contributed by atoms with Crippen molar-refractivity contribution >= 4 is 5.97 Å². The zero-order chi connectivity index (χ0) is 20.0. The molecule has 0 spiro atoms. The Morgan fingerprint density at radius 2 is 1.90 bits per heavy atom. The number of rotatable bonds is 3. The summed E-state index contributed by atoms with van der Waals surface area (Å²) < 4.78 is 5.95. The first-order valence-corrected chi connectivity index (χ1v) is 12.1. The van der Waals surface area contributed by atoms with E-state index < -0.39 is 0 Å². The van der Waals surface area contributed by atoms with Crippen molar-refractivity contribution in [2.45, 2.75) is 77.4 Å². The van der Waals surface area contributed by atoms with Crippen LogP contribution in [0.5, 0.6) is 0 Å². The highest BCUT2D eigenvalue weighted by atomic mass is 16.6. The first kappa shape index (κ1) is 19.8. The minimum atomic E-state index is 0.0262. The first-order chi connectivity index (χ1) is 14.0. The van der Waals surface area contributed by atoms with Crippen LogP contribution in [0.2, 0.25) is 0 Å². The number of carbonyl (C=O) groups excluding carboxylic acids is 1. The van der Waals surface area contributed by atoms with Gasteiger partial charge in [-0.15, -0.1) is 0 Å². The molecule has 0 aromatic heterocycles. The Morgan fingerprint density at radius 3 is 2.66 bits per heavy atom. The molecule has 4 atom stereocenters. The van der Waals surface area contributed by atoms with Gasteiger partial charge in [0.1, 0.15) is 6.10 Å². The van der Waals surface area contributed by atoms with Gasteiger partial charge in [-0.25, -0.2) is 0 Å². The van der Waals surface area contributed by atoms with Crippen molar-refractivity contribution in [3.8, 4) is 0 Å². The molecule has 0 amide bonds. The molecular formula is C25H38N2O2. The van der Waals surface area contributed by atoms with Crippen molar-refractivity contribution in [3.63, 3.8) is 0 Å². The van der Waals surface area contributed by atoms with E-state index in [0.29, 0.717) is 0 Å². The molecule has 3 saturated heterocycles. The maximum atomic E-state index is 12.8. The number of hydrogen-bond donors (Lipinski definition) is 0. The third kappa shape index (κ3) is 3.72. The maximum Gasteiger partial charge on any atom is 0.311 e. The quantitative estimate of drug-likeness (QED) is 0.668. The van der Waals surface area contributed by atoms with Crippen LogP contribution in [-0.2, 0) is 9.53 Å². The highest BCUT2D eigenvalue weighted by Gasteiger charge is 2.51. The molecule has 5 aliphatic rings. The van der Waals surface area contributed by atoms with Crippen LogP contribution in [0.25, 0.3) is 0 Å². The van der Waals surface area contributed by atoms with Crippen LogP contribution >= 0.6 is 0 Å². The number of fused-ring (bicyclic) bond motifs is 2. The Hall–Kier alpha value is -1.13. The Morgan fingerprint density at radius 1 is 1.14 bits per heavy atom. The molecule has 2 aliphatic carbocycles. The predicted octanol–water partition coefficient (Wildman–Crippen LogP) is 4.17. The van der Waals surface area contributed by atoms with Crippen LogP contribution in [0.1, 0.15) is 65.2 Å². The van der Waals surface area contributed by atoms with Crippen LogP contribution in [0.15, 0.2) is 23.3 Å². The fourth-order valence-electron chi connectivity index (χ4n) is 6.87. The second-order valence-electron chi connectivity index (χ2n) is 10.6. The minimum Gasteiger partial charge on any atom is -0.461 e. The molecule has 0 aromatic carbocycles. The predicted molar refractivity (Wildman–Crippen MR) is 116 cm³/mol. The number of ether oxygens (including phenoxy) is 1. The van der Waals surface area contributed by atoms with E-state index in [9.17, 15) is 4.79 Å².